The summed E-state index contributed by atoms with van der Waals surface area (Å²) in [6.45, 7) is 1.63. The molecule has 88 valence electrons. The topological polar surface area (TPSA) is 83.5 Å². The highest BCUT2D eigenvalue weighted by molar-refractivity contribution is 7.91. The minimum atomic E-state index is -3.34. The molecule has 16 heavy (non-hydrogen) atoms. The van der Waals surface area contributed by atoms with E-state index in [1.165, 1.54) is 6.07 Å². The molecule has 0 saturated heterocycles. The highest BCUT2D eigenvalue weighted by atomic mass is 32.2. The van der Waals surface area contributed by atoms with Crippen molar-refractivity contribution in [2.24, 2.45) is 0 Å². The average molecular weight is 243 g/mol. The molecule has 0 saturated carbocycles. The van der Waals surface area contributed by atoms with E-state index in [9.17, 15) is 18.3 Å². The molecule has 0 aliphatic heterocycles. The van der Waals surface area contributed by atoms with Crippen molar-refractivity contribution in [2.75, 3.05) is 17.3 Å². The zero-order chi connectivity index (χ0) is 12.3. The molecule has 0 radical (unpaired) electrons. The molecule has 0 heterocycles. The number of carbonyl (C=O) groups excluding carboxylic acids is 1. The van der Waals surface area contributed by atoms with Crippen LogP contribution >= 0.6 is 0 Å². The number of nitrogens with one attached hydrogen (secondary N) is 1. The Balaban J connectivity index is 2.82. The van der Waals surface area contributed by atoms with Crippen LogP contribution in [0.2, 0.25) is 0 Å². The van der Waals surface area contributed by atoms with Gasteiger partial charge in [-0.15, -0.1) is 0 Å². The van der Waals surface area contributed by atoms with Gasteiger partial charge in [0.05, 0.1) is 0 Å². The van der Waals surface area contributed by atoms with Crippen LogP contribution in [0.4, 0.5) is 5.69 Å². The second kappa shape index (κ2) is 4.52. The van der Waals surface area contributed by atoms with Gasteiger partial charge in [-0.05, 0) is 19.1 Å². The summed E-state index contributed by atoms with van der Waals surface area (Å²) in [5.74, 6) is -1.13. The quantitative estimate of drug-likeness (QED) is 0.817. The number of amides is 1. The maximum Gasteiger partial charge on any atom is 0.239 e. The molecule has 2 N–H and O–H groups in total. The second-order valence-electron chi connectivity index (χ2n) is 3.57. The lowest BCUT2D eigenvalue weighted by molar-refractivity contribution is -0.113. The van der Waals surface area contributed by atoms with Crippen LogP contribution in [0.15, 0.2) is 18.2 Å². The molecule has 1 amide bonds. The van der Waals surface area contributed by atoms with Crippen LogP contribution in [-0.4, -0.2) is 31.4 Å². The maximum absolute atomic E-state index is 11.3. The number of rotatable bonds is 3. The molecule has 6 heteroatoms. The Labute approximate surface area is 94.0 Å². The molecule has 0 atom stereocenters. The SMILES string of the molecule is Cc1c(O)cccc1NC(=O)CS(C)(=O)=O. The van der Waals surface area contributed by atoms with Crippen LogP contribution in [0, 0.1) is 6.92 Å². The highest BCUT2D eigenvalue weighted by Gasteiger charge is 2.12. The molecule has 0 fully saturated rings. The van der Waals surface area contributed by atoms with Gasteiger partial charge in [0.25, 0.3) is 0 Å². The Morgan fingerprint density at radius 3 is 2.62 bits per heavy atom. The summed E-state index contributed by atoms with van der Waals surface area (Å²) in [6.07, 6.45) is 0.988. The van der Waals surface area contributed by atoms with E-state index in [4.69, 9.17) is 0 Å². The van der Waals surface area contributed by atoms with Crippen LogP contribution < -0.4 is 5.32 Å². The molecule has 0 unspecified atom stereocenters. The Bertz CT molecular complexity index is 508. The van der Waals surface area contributed by atoms with Gasteiger partial charge in [-0.1, -0.05) is 6.07 Å². The first-order chi connectivity index (χ1) is 7.29. The number of aromatic hydroxyl groups is 1. The Morgan fingerprint density at radius 1 is 1.44 bits per heavy atom. The van der Waals surface area contributed by atoms with E-state index in [0.29, 0.717) is 11.3 Å². The zero-order valence-corrected chi connectivity index (χ0v) is 9.84. The molecule has 0 aromatic heterocycles. The number of hydrogen-bond acceptors (Lipinski definition) is 4. The summed E-state index contributed by atoms with van der Waals surface area (Å²) in [7, 11) is -3.34. The minimum absolute atomic E-state index is 0.0529. The van der Waals surface area contributed by atoms with Crippen molar-refractivity contribution in [3.05, 3.63) is 23.8 Å². The second-order valence-corrected chi connectivity index (χ2v) is 5.71. The number of hydrogen-bond donors (Lipinski definition) is 2. The van der Waals surface area contributed by atoms with Gasteiger partial charge in [0.1, 0.15) is 11.5 Å². The van der Waals surface area contributed by atoms with Gasteiger partial charge in [0.15, 0.2) is 9.84 Å². The standard InChI is InChI=1S/C10H13NO4S/c1-7-8(4-3-5-9(7)12)11-10(13)6-16(2,14)15/h3-5,12H,6H2,1-2H3,(H,11,13). The predicted octanol–water partition coefficient (Wildman–Crippen LogP) is 0.684. The van der Waals surface area contributed by atoms with E-state index in [2.05, 4.69) is 5.32 Å². The summed E-state index contributed by atoms with van der Waals surface area (Å²) in [6, 6.07) is 4.65. The third kappa shape index (κ3) is 3.54. The lowest BCUT2D eigenvalue weighted by atomic mass is 10.2. The lowest BCUT2D eigenvalue weighted by Crippen LogP contribution is -2.22. The summed E-state index contributed by atoms with van der Waals surface area (Å²) in [5.41, 5.74) is 0.915. The van der Waals surface area contributed by atoms with E-state index < -0.39 is 21.5 Å². The van der Waals surface area contributed by atoms with Crippen molar-refractivity contribution < 1.29 is 18.3 Å². The number of carbonyl (C=O) groups is 1. The minimum Gasteiger partial charge on any atom is -0.508 e. The fourth-order valence-electron chi connectivity index (χ4n) is 1.18. The number of phenolic OH excluding ortho intramolecular Hbond substituents is 1. The Hall–Kier alpha value is -1.56. The molecule has 0 spiro atoms. The third-order valence-electron chi connectivity index (χ3n) is 1.97. The lowest BCUT2D eigenvalue weighted by Gasteiger charge is -2.08. The number of sulfone groups is 1. The summed E-state index contributed by atoms with van der Waals surface area (Å²) < 4.78 is 21.7. The fraction of sp³-hybridized carbons (Fsp3) is 0.300. The van der Waals surface area contributed by atoms with E-state index in [1.54, 1.807) is 19.1 Å². The molecule has 0 aliphatic rings. The first kappa shape index (κ1) is 12.5. The Kier molecular flexibility index (Phi) is 3.54. The van der Waals surface area contributed by atoms with Crippen molar-refractivity contribution >= 4 is 21.4 Å². The van der Waals surface area contributed by atoms with Gasteiger partial charge in [-0.2, -0.15) is 0 Å². The van der Waals surface area contributed by atoms with Gasteiger partial charge in [-0.3, -0.25) is 4.79 Å². The maximum atomic E-state index is 11.3. The molecule has 1 rings (SSSR count). The highest BCUT2D eigenvalue weighted by Crippen LogP contribution is 2.23. The molecule has 1 aromatic rings. The van der Waals surface area contributed by atoms with Gasteiger partial charge in [0, 0.05) is 17.5 Å². The first-order valence-electron chi connectivity index (χ1n) is 4.56. The fourth-order valence-corrected chi connectivity index (χ4v) is 1.73. The van der Waals surface area contributed by atoms with Crippen LogP contribution in [0.5, 0.6) is 5.75 Å². The molecule has 5 nitrogen and oxygen atoms in total. The van der Waals surface area contributed by atoms with E-state index in [-0.39, 0.29) is 5.75 Å². The van der Waals surface area contributed by atoms with Crippen molar-refractivity contribution in [1.82, 2.24) is 0 Å². The van der Waals surface area contributed by atoms with Gasteiger partial charge < -0.3 is 10.4 Å². The van der Waals surface area contributed by atoms with Crippen LogP contribution in [-0.2, 0) is 14.6 Å². The summed E-state index contributed by atoms with van der Waals surface area (Å²) in [5, 5.41) is 11.8. The van der Waals surface area contributed by atoms with Gasteiger partial charge in [0.2, 0.25) is 5.91 Å². The molecular formula is C10H13NO4S. The number of anilines is 1. The van der Waals surface area contributed by atoms with Crippen molar-refractivity contribution in [2.45, 2.75) is 6.92 Å². The Morgan fingerprint density at radius 2 is 2.06 bits per heavy atom. The van der Waals surface area contributed by atoms with E-state index in [1.807, 2.05) is 0 Å². The van der Waals surface area contributed by atoms with Crippen LogP contribution in [0.25, 0.3) is 0 Å². The van der Waals surface area contributed by atoms with Gasteiger partial charge >= 0.3 is 0 Å². The molecular weight excluding hydrogens is 230 g/mol. The largest absolute Gasteiger partial charge is 0.508 e. The molecule has 1 aromatic carbocycles. The molecule has 0 aliphatic carbocycles. The van der Waals surface area contributed by atoms with Gasteiger partial charge in [-0.25, -0.2) is 8.42 Å². The first-order valence-corrected chi connectivity index (χ1v) is 6.62. The summed E-state index contributed by atoms with van der Waals surface area (Å²) >= 11 is 0. The van der Waals surface area contributed by atoms with Crippen molar-refractivity contribution in [3.63, 3.8) is 0 Å². The van der Waals surface area contributed by atoms with Crippen LogP contribution in [0.1, 0.15) is 5.56 Å². The van der Waals surface area contributed by atoms with Crippen LogP contribution in [0.3, 0.4) is 0 Å². The smallest absolute Gasteiger partial charge is 0.239 e. The van der Waals surface area contributed by atoms with E-state index in [0.717, 1.165) is 6.26 Å². The number of phenols is 1. The summed E-state index contributed by atoms with van der Waals surface area (Å²) in [4.78, 5) is 11.3. The average Bonchev–Trinajstić information content (AvgIpc) is 2.09. The monoisotopic (exact) mass is 243 g/mol. The number of benzene rings is 1. The van der Waals surface area contributed by atoms with Crippen molar-refractivity contribution in [3.8, 4) is 5.75 Å². The van der Waals surface area contributed by atoms with E-state index >= 15 is 0 Å². The predicted molar refractivity (Wildman–Crippen MR) is 61.2 cm³/mol. The van der Waals surface area contributed by atoms with Crippen molar-refractivity contribution in [1.29, 1.82) is 0 Å². The third-order valence-corrected chi connectivity index (χ3v) is 2.76. The zero-order valence-electron chi connectivity index (χ0n) is 9.02. The molecule has 0 bridgehead atoms. The normalized spacial score (nSPS) is 11.1.